The van der Waals surface area contributed by atoms with E-state index in [1.807, 2.05) is 36.4 Å². The summed E-state index contributed by atoms with van der Waals surface area (Å²) in [5.41, 5.74) is 1.88. The van der Waals surface area contributed by atoms with Gasteiger partial charge in [0.05, 0.1) is 5.69 Å². The van der Waals surface area contributed by atoms with Gasteiger partial charge in [-0.3, -0.25) is 0 Å². The van der Waals surface area contributed by atoms with Gasteiger partial charge in [-0.25, -0.2) is 9.97 Å². The smallest absolute Gasteiger partial charge is 0.224 e. The summed E-state index contributed by atoms with van der Waals surface area (Å²) in [4.78, 5) is 8.42. The zero-order chi connectivity index (χ0) is 12.8. The van der Waals surface area contributed by atoms with E-state index in [4.69, 9.17) is 11.6 Å². The molecular weight excluding hydrogens is 246 g/mol. The molecule has 0 bridgehead atoms. The summed E-state index contributed by atoms with van der Waals surface area (Å²) >= 11 is 5.95. The molecule has 0 spiro atoms. The molecule has 1 heterocycles. The Balaban J connectivity index is 2.21. The fourth-order valence-electron chi connectivity index (χ4n) is 1.66. The summed E-state index contributed by atoms with van der Waals surface area (Å²) in [6.45, 7) is 3.06. The third-order valence-electron chi connectivity index (χ3n) is 2.60. The van der Waals surface area contributed by atoms with Crippen LogP contribution in [0.3, 0.4) is 0 Å². The molecule has 3 nitrogen and oxygen atoms in total. The van der Waals surface area contributed by atoms with Gasteiger partial charge in [-0.05, 0) is 18.0 Å². The standard InChI is InChI=1S/C14H16ClN3/c1-2-3-9-16-13-10-12(17-14(15)18-13)11-7-5-4-6-8-11/h4-8,10H,2-3,9H2,1H3,(H,16,17,18). The number of nitrogens with zero attached hydrogens (tertiary/aromatic N) is 2. The van der Waals surface area contributed by atoms with Crippen molar-refractivity contribution in [3.63, 3.8) is 0 Å². The van der Waals surface area contributed by atoms with Crippen LogP contribution >= 0.6 is 11.6 Å². The molecule has 1 N–H and O–H groups in total. The van der Waals surface area contributed by atoms with Crippen LogP contribution in [-0.2, 0) is 0 Å². The summed E-state index contributed by atoms with van der Waals surface area (Å²) < 4.78 is 0. The molecule has 1 aromatic carbocycles. The number of aromatic nitrogens is 2. The number of nitrogens with one attached hydrogen (secondary N) is 1. The number of benzene rings is 1. The van der Waals surface area contributed by atoms with Gasteiger partial charge in [-0.2, -0.15) is 0 Å². The van der Waals surface area contributed by atoms with Crippen LogP contribution in [0.15, 0.2) is 36.4 Å². The summed E-state index contributed by atoms with van der Waals surface area (Å²) in [5.74, 6) is 0.780. The molecule has 1 aromatic heterocycles. The first-order valence-electron chi connectivity index (χ1n) is 6.13. The average molecular weight is 262 g/mol. The fourth-order valence-corrected chi connectivity index (χ4v) is 1.84. The second-order valence-corrected chi connectivity index (χ2v) is 4.39. The van der Waals surface area contributed by atoms with Crippen molar-refractivity contribution in [3.8, 4) is 11.3 Å². The highest BCUT2D eigenvalue weighted by Crippen LogP contribution is 2.21. The van der Waals surface area contributed by atoms with Crippen molar-refractivity contribution in [2.24, 2.45) is 0 Å². The largest absolute Gasteiger partial charge is 0.370 e. The van der Waals surface area contributed by atoms with E-state index in [1.54, 1.807) is 0 Å². The lowest BCUT2D eigenvalue weighted by atomic mass is 10.1. The quantitative estimate of drug-likeness (QED) is 0.653. The van der Waals surface area contributed by atoms with Crippen LogP contribution in [0.4, 0.5) is 5.82 Å². The molecule has 0 unspecified atom stereocenters. The van der Waals surface area contributed by atoms with Crippen molar-refractivity contribution in [1.29, 1.82) is 0 Å². The number of hydrogen-bond acceptors (Lipinski definition) is 3. The second kappa shape index (κ2) is 6.36. The molecule has 0 aliphatic heterocycles. The van der Waals surface area contributed by atoms with E-state index in [1.165, 1.54) is 0 Å². The van der Waals surface area contributed by atoms with Crippen LogP contribution in [0.2, 0.25) is 5.28 Å². The highest BCUT2D eigenvalue weighted by atomic mass is 35.5. The third-order valence-corrected chi connectivity index (χ3v) is 2.77. The third kappa shape index (κ3) is 3.44. The Kier molecular flexibility index (Phi) is 4.53. The van der Waals surface area contributed by atoms with Crippen LogP contribution in [-0.4, -0.2) is 16.5 Å². The fraction of sp³-hybridized carbons (Fsp3) is 0.286. The van der Waals surface area contributed by atoms with Gasteiger partial charge >= 0.3 is 0 Å². The molecule has 94 valence electrons. The van der Waals surface area contributed by atoms with Gasteiger partial charge in [-0.15, -0.1) is 0 Å². The highest BCUT2D eigenvalue weighted by molar-refractivity contribution is 6.28. The Labute approximate surface area is 112 Å². The van der Waals surface area contributed by atoms with Crippen molar-refractivity contribution in [2.45, 2.75) is 19.8 Å². The molecule has 4 heteroatoms. The first-order chi connectivity index (χ1) is 8.79. The normalized spacial score (nSPS) is 10.3. The monoisotopic (exact) mass is 261 g/mol. The molecule has 2 rings (SSSR count). The van der Waals surface area contributed by atoms with E-state index in [9.17, 15) is 0 Å². The van der Waals surface area contributed by atoms with Crippen LogP contribution < -0.4 is 5.32 Å². The van der Waals surface area contributed by atoms with Crippen LogP contribution in [0.5, 0.6) is 0 Å². The van der Waals surface area contributed by atoms with Crippen LogP contribution in [0, 0.1) is 0 Å². The average Bonchev–Trinajstić information content (AvgIpc) is 2.39. The minimum Gasteiger partial charge on any atom is -0.370 e. The van der Waals surface area contributed by atoms with E-state index >= 15 is 0 Å². The molecule has 0 fully saturated rings. The van der Waals surface area contributed by atoms with Crippen molar-refractivity contribution < 1.29 is 0 Å². The summed E-state index contributed by atoms with van der Waals surface area (Å²) in [7, 11) is 0. The van der Waals surface area contributed by atoms with Crippen LogP contribution in [0.1, 0.15) is 19.8 Å². The lowest BCUT2D eigenvalue weighted by Gasteiger charge is -2.07. The van der Waals surface area contributed by atoms with Gasteiger partial charge in [0, 0.05) is 18.2 Å². The second-order valence-electron chi connectivity index (χ2n) is 4.05. The van der Waals surface area contributed by atoms with E-state index < -0.39 is 0 Å². The first-order valence-corrected chi connectivity index (χ1v) is 6.51. The zero-order valence-corrected chi connectivity index (χ0v) is 11.1. The van der Waals surface area contributed by atoms with Crippen molar-refractivity contribution >= 4 is 17.4 Å². The number of unbranched alkanes of at least 4 members (excludes halogenated alkanes) is 1. The first kappa shape index (κ1) is 12.8. The SMILES string of the molecule is CCCCNc1cc(-c2ccccc2)nc(Cl)n1. The Bertz CT molecular complexity index is 500. The minimum absolute atomic E-state index is 0.273. The Morgan fingerprint density at radius 2 is 1.94 bits per heavy atom. The van der Waals surface area contributed by atoms with E-state index in [-0.39, 0.29) is 5.28 Å². The Morgan fingerprint density at radius 3 is 2.67 bits per heavy atom. The molecule has 0 saturated carbocycles. The Morgan fingerprint density at radius 1 is 1.17 bits per heavy atom. The molecule has 0 aliphatic rings. The van der Waals surface area contributed by atoms with E-state index in [0.29, 0.717) is 0 Å². The highest BCUT2D eigenvalue weighted by Gasteiger charge is 2.04. The lowest BCUT2D eigenvalue weighted by molar-refractivity contribution is 0.830. The molecule has 0 amide bonds. The maximum atomic E-state index is 5.95. The molecule has 0 radical (unpaired) electrons. The number of rotatable bonds is 5. The maximum Gasteiger partial charge on any atom is 0.224 e. The minimum atomic E-state index is 0.273. The number of halogens is 1. The van der Waals surface area contributed by atoms with Gasteiger partial charge < -0.3 is 5.32 Å². The molecule has 18 heavy (non-hydrogen) atoms. The van der Waals surface area contributed by atoms with E-state index in [2.05, 4.69) is 22.2 Å². The predicted molar refractivity (Wildman–Crippen MR) is 75.9 cm³/mol. The van der Waals surface area contributed by atoms with Gasteiger partial charge in [0.25, 0.3) is 0 Å². The number of anilines is 1. The predicted octanol–water partition coefficient (Wildman–Crippen LogP) is 4.01. The maximum absolute atomic E-state index is 5.95. The van der Waals surface area contributed by atoms with Gasteiger partial charge in [0.1, 0.15) is 5.82 Å². The lowest BCUT2D eigenvalue weighted by Crippen LogP contribution is -2.04. The van der Waals surface area contributed by atoms with Crippen molar-refractivity contribution in [1.82, 2.24) is 9.97 Å². The topological polar surface area (TPSA) is 37.8 Å². The van der Waals surface area contributed by atoms with Gasteiger partial charge in [-0.1, -0.05) is 43.7 Å². The summed E-state index contributed by atoms with van der Waals surface area (Å²) in [5, 5.41) is 3.53. The molecule has 0 aliphatic carbocycles. The summed E-state index contributed by atoms with van der Waals surface area (Å²) in [6, 6.07) is 11.9. The zero-order valence-electron chi connectivity index (χ0n) is 10.4. The summed E-state index contributed by atoms with van der Waals surface area (Å²) in [6.07, 6.45) is 2.26. The van der Waals surface area contributed by atoms with Crippen molar-refractivity contribution in [3.05, 3.63) is 41.7 Å². The Hall–Kier alpha value is -1.61. The molecule has 0 saturated heterocycles. The number of hydrogen-bond donors (Lipinski definition) is 1. The molecule has 0 atom stereocenters. The van der Waals surface area contributed by atoms with E-state index in [0.717, 1.165) is 36.5 Å². The van der Waals surface area contributed by atoms with Gasteiger partial charge in [0.2, 0.25) is 5.28 Å². The van der Waals surface area contributed by atoms with Crippen molar-refractivity contribution in [2.75, 3.05) is 11.9 Å². The van der Waals surface area contributed by atoms with Gasteiger partial charge in [0.15, 0.2) is 0 Å². The molecule has 2 aromatic rings. The molecular formula is C14H16ClN3. The van der Waals surface area contributed by atoms with Crippen LogP contribution in [0.25, 0.3) is 11.3 Å².